The third-order valence-corrected chi connectivity index (χ3v) is 3.02. The van der Waals surface area contributed by atoms with Crippen molar-refractivity contribution in [3.63, 3.8) is 0 Å². The van der Waals surface area contributed by atoms with E-state index in [1.165, 1.54) is 11.0 Å². The second-order valence-electron chi connectivity index (χ2n) is 3.97. The van der Waals surface area contributed by atoms with Crippen molar-refractivity contribution < 1.29 is 19.4 Å². The lowest BCUT2D eigenvalue weighted by Gasteiger charge is -2.16. The lowest BCUT2D eigenvalue weighted by atomic mass is 10.2. The molecule has 0 unspecified atom stereocenters. The van der Waals surface area contributed by atoms with Crippen LogP contribution in [0.4, 0.5) is 4.39 Å². The molecule has 0 aliphatic carbocycles. The lowest BCUT2D eigenvalue weighted by molar-refractivity contribution is 0.0572. The summed E-state index contributed by atoms with van der Waals surface area (Å²) >= 11 is 5.76. The third-order valence-electron chi connectivity index (χ3n) is 2.71. The summed E-state index contributed by atoms with van der Waals surface area (Å²) in [5, 5.41) is 18.7. The van der Waals surface area contributed by atoms with E-state index >= 15 is 0 Å². The van der Waals surface area contributed by atoms with Gasteiger partial charge in [-0.1, -0.05) is 11.6 Å². The molecule has 1 heterocycles. The van der Waals surface area contributed by atoms with Crippen LogP contribution in [0.25, 0.3) is 0 Å². The maximum Gasteiger partial charge on any atom is 0.255 e. The van der Waals surface area contributed by atoms with Crippen LogP contribution in [-0.4, -0.2) is 46.3 Å². The van der Waals surface area contributed by atoms with E-state index in [0.717, 1.165) is 12.1 Å². The van der Waals surface area contributed by atoms with Crippen molar-refractivity contribution in [3.8, 4) is 0 Å². The molecule has 1 aromatic rings. The molecule has 2 atom stereocenters. The van der Waals surface area contributed by atoms with Gasteiger partial charge in [0, 0.05) is 13.1 Å². The fraction of sp³-hybridized carbons (Fsp3) is 0.364. The van der Waals surface area contributed by atoms with Crippen LogP contribution in [0, 0.1) is 5.82 Å². The topological polar surface area (TPSA) is 60.8 Å². The molecule has 2 N–H and O–H groups in total. The molecule has 0 bridgehead atoms. The summed E-state index contributed by atoms with van der Waals surface area (Å²) in [5.41, 5.74) is 0.161. The second kappa shape index (κ2) is 4.60. The van der Waals surface area contributed by atoms with Gasteiger partial charge in [-0.25, -0.2) is 4.39 Å². The number of carbonyl (C=O) groups excluding carboxylic acids is 1. The van der Waals surface area contributed by atoms with Crippen molar-refractivity contribution in [3.05, 3.63) is 34.6 Å². The molecule has 0 aromatic heterocycles. The molecule has 1 saturated heterocycles. The van der Waals surface area contributed by atoms with E-state index in [4.69, 9.17) is 11.6 Å². The van der Waals surface area contributed by atoms with Gasteiger partial charge in [0.1, 0.15) is 5.82 Å². The minimum Gasteiger partial charge on any atom is -0.388 e. The van der Waals surface area contributed by atoms with Gasteiger partial charge in [0.15, 0.2) is 0 Å². The molecule has 1 aliphatic rings. The Hall–Kier alpha value is -1.17. The van der Waals surface area contributed by atoms with Crippen molar-refractivity contribution in [1.29, 1.82) is 0 Å². The predicted molar refractivity (Wildman–Crippen MR) is 59.3 cm³/mol. The molecule has 4 nitrogen and oxygen atoms in total. The van der Waals surface area contributed by atoms with E-state index < -0.39 is 23.9 Å². The standard InChI is InChI=1S/C11H11ClFNO3/c12-8-3-6(13)1-2-7(8)11(17)14-4-9(15)10(16)5-14/h1-3,9-10,15-16H,4-5H2/t9-,10+. The number of nitrogens with zero attached hydrogens (tertiary/aromatic N) is 1. The highest BCUT2D eigenvalue weighted by Gasteiger charge is 2.33. The van der Waals surface area contributed by atoms with Crippen LogP contribution in [0.5, 0.6) is 0 Å². The highest BCUT2D eigenvalue weighted by Crippen LogP contribution is 2.21. The normalized spacial score (nSPS) is 24.1. The monoisotopic (exact) mass is 259 g/mol. The highest BCUT2D eigenvalue weighted by molar-refractivity contribution is 6.33. The lowest BCUT2D eigenvalue weighted by Crippen LogP contribution is -2.30. The zero-order valence-electron chi connectivity index (χ0n) is 8.81. The fourth-order valence-electron chi connectivity index (χ4n) is 1.77. The van der Waals surface area contributed by atoms with E-state index in [1.54, 1.807) is 0 Å². The van der Waals surface area contributed by atoms with E-state index in [-0.39, 0.29) is 23.7 Å². The number of aliphatic hydroxyl groups excluding tert-OH is 2. The van der Waals surface area contributed by atoms with Crippen molar-refractivity contribution in [2.24, 2.45) is 0 Å². The molecular formula is C11H11ClFNO3. The van der Waals surface area contributed by atoms with Crippen LogP contribution < -0.4 is 0 Å². The van der Waals surface area contributed by atoms with Crippen LogP contribution in [0.1, 0.15) is 10.4 Å². The van der Waals surface area contributed by atoms with Crippen molar-refractivity contribution >= 4 is 17.5 Å². The summed E-state index contributed by atoms with van der Waals surface area (Å²) in [6.45, 7) is 0.0986. The number of β-amino-alcohol motifs (C(OH)–C–C–N with tert-alkyl or cyclic N) is 2. The summed E-state index contributed by atoms with van der Waals surface area (Å²) in [6, 6.07) is 3.48. The molecule has 0 saturated carbocycles. The maximum atomic E-state index is 12.8. The number of amides is 1. The molecule has 1 aromatic carbocycles. The third kappa shape index (κ3) is 2.41. The van der Waals surface area contributed by atoms with Crippen molar-refractivity contribution in [2.75, 3.05) is 13.1 Å². The number of halogens is 2. The fourth-order valence-corrected chi connectivity index (χ4v) is 2.02. The first-order chi connectivity index (χ1) is 7.99. The average Bonchev–Trinajstić information content (AvgIpc) is 2.58. The highest BCUT2D eigenvalue weighted by atomic mass is 35.5. The Morgan fingerprint density at radius 3 is 2.47 bits per heavy atom. The van der Waals surface area contributed by atoms with Gasteiger partial charge in [-0.15, -0.1) is 0 Å². The molecule has 1 aliphatic heterocycles. The molecule has 6 heteroatoms. The van der Waals surface area contributed by atoms with Gasteiger partial charge >= 0.3 is 0 Å². The Balaban J connectivity index is 2.20. The smallest absolute Gasteiger partial charge is 0.255 e. The van der Waals surface area contributed by atoms with E-state index in [2.05, 4.69) is 0 Å². The van der Waals surface area contributed by atoms with Gasteiger partial charge in [0.05, 0.1) is 22.8 Å². The van der Waals surface area contributed by atoms with Crippen LogP contribution in [0.2, 0.25) is 5.02 Å². The summed E-state index contributed by atoms with van der Waals surface area (Å²) in [5.74, 6) is -0.946. The van der Waals surface area contributed by atoms with Gasteiger partial charge in [-0.3, -0.25) is 4.79 Å². The zero-order valence-corrected chi connectivity index (χ0v) is 9.56. The first kappa shape index (κ1) is 12.3. The quantitative estimate of drug-likeness (QED) is 0.779. The zero-order chi connectivity index (χ0) is 12.6. The Labute approximate surface area is 102 Å². The summed E-state index contributed by atoms with van der Waals surface area (Å²) in [6.07, 6.45) is -1.89. The SMILES string of the molecule is O=C(c1ccc(F)cc1Cl)N1C[C@@H](O)[C@@H](O)C1. The van der Waals surface area contributed by atoms with Crippen molar-refractivity contribution in [1.82, 2.24) is 4.90 Å². The Morgan fingerprint density at radius 2 is 1.94 bits per heavy atom. The molecule has 17 heavy (non-hydrogen) atoms. The molecule has 2 rings (SSSR count). The molecule has 1 fully saturated rings. The van der Waals surface area contributed by atoms with E-state index in [0.29, 0.717) is 0 Å². The van der Waals surface area contributed by atoms with Crippen LogP contribution >= 0.6 is 11.6 Å². The largest absolute Gasteiger partial charge is 0.388 e. The second-order valence-corrected chi connectivity index (χ2v) is 4.38. The summed E-state index contributed by atoms with van der Waals surface area (Å²) in [7, 11) is 0. The number of hydrogen-bond acceptors (Lipinski definition) is 3. The summed E-state index contributed by atoms with van der Waals surface area (Å²) in [4.78, 5) is 13.3. The van der Waals surface area contributed by atoms with Gasteiger partial charge in [-0.2, -0.15) is 0 Å². The predicted octanol–water partition coefficient (Wildman–Crippen LogP) is 0.657. The first-order valence-corrected chi connectivity index (χ1v) is 5.47. The van der Waals surface area contributed by atoms with E-state index in [1.807, 2.05) is 0 Å². The minimum absolute atomic E-state index is 0.0193. The van der Waals surface area contributed by atoms with Gasteiger partial charge in [0.25, 0.3) is 5.91 Å². The first-order valence-electron chi connectivity index (χ1n) is 5.09. The Bertz CT molecular complexity index is 444. The maximum absolute atomic E-state index is 12.8. The summed E-state index contributed by atoms with van der Waals surface area (Å²) < 4.78 is 12.8. The minimum atomic E-state index is -0.946. The molecular weight excluding hydrogens is 249 g/mol. The number of benzene rings is 1. The molecule has 92 valence electrons. The average molecular weight is 260 g/mol. The van der Waals surface area contributed by atoms with Gasteiger partial charge in [-0.05, 0) is 18.2 Å². The number of aliphatic hydroxyl groups is 2. The number of carbonyl (C=O) groups is 1. The van der Waals surface area contributed by atoms with Crippen LogP contribution in [-0.2, 0) is 0 Å². The Kier molecular flexibility index (Phi) is 3.33. The van der Waals surface area contributed by atoms with Crippen LogP contribution in [0.15, 0.2) is 18.2 Å². The van der Waals surface area contributed by atoms with Gasteiger partial charge < -0.3 is 15.1 Å². The molecule has 0 radical (unpaired) electrons. The number of likely N-dealkylation sites (tertiary alicyclic amines) is 1. The molecule has 0 spiro atoms. The Morgan fingerprint density at radius 1 is 1.35 bits per heavy atom. The van der Waals surface area contributed by atoms with Crippen molar-refractivity contribution in [2.45, 2.75) is 12.2 Å². The van der Waals surface area contributed by atoms with E-state index in [9.17, 15) is 19.4 Å². The number of hydrogen-bond donors (Lipinski definition) is 2. The van der Waals surface area contributed by atoms with Crippen LogP contribution in [0.3, 0.4) is 0 Å². The molecule has 1 amide bonds. The van der Waals surface area contributed by atoms with Gasteiger partial charge in [0.2, 0.25) is 0 Å². The number of rotatable bonds is 1.